The Morgan fingerprint density at radius 2 is 1.89 bits per heavy atom. The van der Waals surface area contributed by atoms with Gasteiger partial charge in [0.05, 0.1) is 0 Å². The van der Waals surface area contributed by atoms with Gasteiger partial charge in [-0.2, -0.15) is 0 Å². The lowest BCUT2D eigenvalue weighted by Crippen LogP contribution is -2.17. The average molecular weight is 280 g/mol. The number of nitrogens with one attached hydrogen (secondary N) is 1. The van der Waals surface area contributed by atoms with Crippen LogP contribution in [0.25, 0.3) is 11.1 Å². The molecule has 4 heteroatoms. The summed E-state index contributed by atoms with van der Waals surface area (Å²) in [5.41, 5.74) is 2.34. The maximum atomic E-state index is 11.6. The van der Waals surface area contributed by atoms with Crippen LogP contribution in [0.1, 0.15) is 10.4 Å². The third kappa shape index (κ3) is 2.66. The fourth-order valence-electron chi connectivity index (χ4n) is 1.70. The predicted octanol–water partition coefficient (Wildman–Crippen LogP) is 4.02. The Labute approximate surface area is 116 Å². The van der Waals surface area contributed by atoms with Crippen molar-refractivity contribution in [1.82, 2.24) is 5.32 Å². The van der Waals surface area contributed by atoms with Crippen LogP contribution in [0.2, 0.25) is 10.0 Å². The van der Waals surface area contributed by atoms with Crippen LogP contribution in [-0.2, 0) is 0 Å². The molecule has 0 spiro atoms. The van der Waals surface area contributed by atoms with Crippen LogP contribution < -0.4 is 5.32 Å². The van der Waals surface area contributed by atoms with Gasteiger partial charge in [-0.1, -0.05) is 41.4 Å². The Morgan fingerprint density at radius 3 is 2.56 bits per heavy atom. The summed E-state index contributed by atoms with van der Waals surface area (Å²) in [6.07, 6.45) is 0. The van der Waals surface area contributed by atoms with Crippen LogP contribution in [-0.4, -0.2) is 13.0 Å². The third-order valence-corrected chi connectivity index (χ3v) is 3.14. The summed E-state index contributed by atoms with van der Waals surface area (Å²) in [4.78, 5) is 11.6. The van der Waals surface area contributed by atoms with Crippen molar-refractivity contribution in [1.29, 1.82) is 0 Å². The molecule has 0 aliphatic rings. The van der Waals surface area contributed by atoms with E-state index in [1.54, 1.807) is 31.3 Å². The Hall–Kier alpha value is -1.51. The first kappa shape index (κ1) is 12.9. The van der Waals surface area contributed by atoms with Crippen LogP contribution >= 0.6 is 23.2 Å². The molecule has 1 N–H and O–H groups in total. The molecule has 18 heavy (non-hydrogen) atoms. The molecular formula is C14H11Cl2NO. The zero-order valence-electron chi connectivity index (χ0n) is 9.71. The molecule has 2 aromatic carbocycles. The molecule has 2 nitrogen and oxygen atoms in total. The molecule has 0 saturated carbocycles. The third-order valence-electron chi connectivity index (χ3n) is 2.59. The Balaban J connectivity index is 2.48. The van der Waals surface area contributed by atoms with Crippen molar-refractivity contribution < 1.29 is 4.79 Å². The van der Waals surface area contributed by atoms with Gasteiger partial charge < -0.3 is 5.32 Å². The van der Waals surface area contributed by atoms with Crippen molar-refractivity contribution >= 4 is 29.1 Å². The first-order valence-electron chi connectivity index (χ1n) is 5.39. The van der Waals surface area contributed by atoms with Gasteiger partial charge in [0.1, 0.15) is 0 Å². The van der Waals surface area contributed by atoms with E-state index in [0.717, 1.165) is 11.1 Å². The average Bonchev–Trinajstić information content (AvgIpc) is 2.38. The van der Waals surface area contributed by atoms with Gasteiger partial charge in [0.2, 0.25) is 0 Å². The van der Waals surface area contributed by atoms with Crippen molar-refractivity contribution in [2.75, 3.05) is 7.05 Å². The van der Waals surface area contributed by atoms with E-state index in [-0.39, 0.29) is 5.91 Å². The normalized spacial score (nSPS) is 10.2. The Kier molecular flexibility index (Phi) is 3.90. The summed E-state index contributed by atoms with van der Waals surface area (Å²) in [5, 5.41) is 3.75. The number of carbonyl (C=O) groups is 1. The fourth-order valence-corrected chi connectivity index (χ4v) is 2.21. The number of carbonyl (C=O) groups excluding carboxylic acids is 1. The smallest absolute Gasteiger partial charge is 0.251 e. The number of amides is 1. The Morgan fingerprint density at radius 1 is 1.11 bits per heavy atom. The second kappa shape index (κ2) is 5.42. The molecule has 0 saturated heterocycles. The van der Waals surface area contributed by atoms with Crippen LogP contribution in [0.4, 0.5) is 0 Å². The zero-order valence-corrected chi connectivity index (χ0v) is 11.2. The Bertz CT molecular complexity index is 596. The van der Waals surface area contributed by atoms with E-state index in [0.29, 0.717) is 15.6 Å². The second-order valence-electron chi connectivity index (χ2n) is 3.78. The number of halogens is 2. The second-order valence-corrected chi connectivity index (χ2v) is 4.63. The topological polar surface area (TPSA) is 29.1 Å². The SMILES string of the molecule is CNC(=O)c1cccc(-c2ccc(Cl)cc2Cl)c1. The molecule has 0 fully saturated rings. The monoisotopic (exact) mass is 279 g/mol. The van der Waals surface area contributed by atoms with Crippen molar-refractivity contribution in [3.8, 4) is 11.1 Å². The minimum Gasteiger partial charge on any atom is -0.355 e. The molecular weight excluding hydrogens is 269 g/mol. The van der Waals surface area contributed by atoms with Gasteiger partial charge in [0.15, 0.2) is 0 Å². The van der Waals surface area contributed by atoms with E-state index >= 15 is 0 Å². The quantitative estimate of drug-likeness (QED) is 0.884. The number of benzene rings is 2. The zero-order chi connectivity index (χ0) is 13.1. The molecule has 0 aromatic heterocycles. The maximum Gasteiger partial charge on any atom is 0.251 e. The first-order chi connectivity index (χ1) is 8.61. The van der Waals surface area contributed by atoms with E-state index in [1.807, 2.05) is 18.2 Å². The van der Waals surface area contributed by atoms with E-state index in [4.69, 9.17) is 23.2 Å². The van der Waals surface area contributed by atoms with E-state index < -0.39 is 0 Å². The minimum atomic E-state index is -0.123. The molecule has 92 valence electrons. The van der Waals surface area contributed by atoms with Crippen LogP contribution in [0, 0.1) is 0 Å². The number of rotatable bonds is 2. The summed E-state index contributed by atoms with van der Waals surface area (Å²) in [6, 6.07) is 12.6. The summed E-state index contributed by atoms with van der Waals surface area (Å²) < 4.78 is 0. The van der Waals surface area contributed by atoms with Gasteiger partial charge in [-0.25, -0.2) is 0 Å². The van der Waals surface area contributed by atoms with Crippen LogP contribution in [0.5, 0.6) is 0 Å². The summed E-state index contributed by atoms with van der Waals surface area (Å²) in [7, 11) is 1.60. The van der Waals surface area contributed by atoms with Crippen LogP contribution in [0.3, 0.4) is 0 Å². The lowest BCUT2D eigenvalue weighted by Gasteiger charge is -2.07. The van der Waals surface area contributed by atoms with E-state index in [2.05, 4.69) is 5.32 Å². The van der Waals surface area contributed by atoms with Gasteiger partial charge >= 0.3 is 0 Å². The highest BCUT2D eigenvalue weighted by atomic mass is 35.5. The highest BCUT2D eigenvalue weighted by Gasteiger charge is 2.07. The van der Waals surface area contributed by atoms with Crippen LogP contribution in [0.15, 0.2) is 42.5 Å². The molecule has 0 atom stereocenters. The molecule has 0 aliphatic heterocycles. The molecule has 2 rings (SSSR count). The van der Waals surface area contributed by atoms with E-state index in [1.165, 1.54) is 0 Å². The minimum absolute atomic E-state index is 0.123. The van der Waals surface area contributed by atoms with Crippen molar-refractivity contribution in [3.05, 3.63) is 58.1 Å². The molecule has 0 radical (unpaired) electrons. The number of hydrogen-bond acceptors (Lipinski definition) is 1. The molecule has 0 unspecified atom stereocenters. The van der Waals surface area contributed by atoms with Gasteiger partial charge in [-0.05, 0) is 29.8 Å². The molecule has 0 bridgehead atoms. The summed E-state index contributed by atoms with van der Waals surface area (Å²) in [6.45, 7) is 0. The predicted molar refractivity (Wildman–Crippen MR) is 75.3 cm³/mol. The van der Waals surface area contributed by atoms with Crippen molar-refractivity contribution in [2.24, 2.45) is 0 Å². The lowest BCUT2D eigenvalue weighted by atomic mass is 10.0. The van der Waals surface area contributed by atoms with Crippen molar-refractivity contribution in [2.45, 2.75) is 0 Å². The van der Waals surface area contributed by atoms with Crippen molar-refractivity contribution in [3.63, 3.8) is 0 Å². The van der Waals surface area contributed by atoms with Gasteiger partial charge in [-0.3, -0.25) is 4.79 Å². The molecule has 2 aromatic rings. The number of hydrogen-bond donors (Lipinski definition) is 1. The molecule has 0 aliphatic carbocycles. The lowest BCUT2D eigenvalue weighted by molar-refractivity contribution is 0.0963. The fraction of sp³-hybridized carbons (Fsp3) is 0.0714. The summed E-state index contributed by atoms with van der Waals surface area (Å²) in [5.74, 6) is -0.123. The van der Waals surface area contributed by atoms with Gasteiger partial charge in [-0.15, -0.1) is 0 Å². The van der Waals surface area contributed by atoms with Gasteiger partial charge in [0.25, 0.3) is 5.91 Å². The first-order valence-corrected chi connectivity index (χ1v) is 6.15. The molecule has 0 heterocycles. The van der Waals surface area contributed by atoms with E-state index in [9.17, 15) is 4.79 Å². The standard InChI is InChI=1S/C14H11Cl2NO/c1-17-14(18)10-4-2-3-9(7-10)12-6-5-11(15)8-13(12)16/h2-8H,1H3,(H,17,18). The maximum absolute atomic E-state index is 11.6. The molecule has 1 amide bonds. The summed E-state index contributed by atoms with van der Waals surface area (Å²) >= 11 is 12.0. The van der Waals surface area contributed by atoms with Gasteiger partial charge in [0, 0.05) is 28.2 Å². The highest BCUT2D eigenvalue weighted by Crippen LogP contribution is 2.30. The highest BCUT2D eigenvalue weighted by molar-refractivity contribution is 6.36. The largest absolute Gasteiger partial charge is 0.355 e.